The van der Waals surface area contributed by atoms with Crippen LogP contribution in [0.5, 0.6) is 11.5 Å². The molecule has 0 amide bonds. The second kappa shape index (κ2) is 6.98. The van der Waals surface area contributed by atoms with Gasteiger partial charge in [-0.05, 0) is 38.3 Å². The lowest BCUT2D eigenvalue weighted by molar-refractivity contribution is -0.0339. The summed E-state index contributed by atoms with van der Waals surface area (Å²) in [6, 6.07) is 7.68. The first kappa shape index (κ1) is 15.2. The van der Waals surface area contributed by atoms with E-state index in [9.17, 15) is 5.11 Å². The Kier molecular flexibility index (Phi) is 5.30. The molecule has 0 unspecified atom stereocenters. The minimum atomic E-state index is -0.647. The molecule has 3 nitrogen and oxygen atoms in total. The normalized spacial score (nSPS) is 19.4. The molecule has 0 aromatic heterocycles. The standard InChI is InChI=1S/C17H26O3/c1-3-14(2)20-16-9-7-8-15(12-16)19-13-17(18)10-5-4-6-11-17/h7-9,12,14,18H,3-6,10-11,13H2,1-2H3/t14-/m0/s1. The highest BCUT2D eigenvalue weighted by Gasteiger charge is 2.29. The molecular formula is C17H26O3. The molecule has 3 heteroatoms. The SMILES string of the molecule is CC[C@H](C)Oc1cccc(OCC2(O)CCCCC2)c1. The van der Waals surface area contributed by atoms with Crippen LogP contribution < -0.4 is 9.47 Å². The average Bonchev–Trinajstić information content (AvgIpc) is 2.46. The average molecular weight is 278 g/mol. The molecule has 0 bridgehead atoms. The lowest BCUT2D eigenvalue weighted by Crippen LogP contribution is -2.37. The largest absolute Gasteiger partial charge is 0.491 e. The van der Waals surface area contributed by atoms with E-state index < -0.39 is 5.60 Å². The zero-order valence-electron chi connectivity index (χ0n) is 12.6. The molecule has 1 aromatic rings. The molecule has 0 aliphatic heterocycles. The van der Waals surface area contributed by atoms with Gasteiger partial charge in [-0.15, -0.1) is 0 Å². The van der Waals surface area contributed by atoms with Crippen molar-refractivity contribution in [2.24, 2.45) is 0 Å². The summed E-state index contributed by atoms with van der Waals surface area (Å²) in [6.07, 6.45) is 6.28. The fourth-order valence-corrected chi connectivity index (χ4v) is 2.52. The Morgan fingerprint density at radius 3 is 2.60 bits per heavy atom. The Balaban J connectivity index is 1.90. The number of aliphatic hydroxyl groups is 1. The molecular weight excluding hydrogens is 252 g/mol. The highest BCUT2D eigenvalue weighted by Crippen LogP contribution is 2.29. The van der Waals surface area contributed by atoms with Gasteiger partial charge in [0.15, 0.2) is 0 Å². The third-order valence-electron chi connectivity index (χ3n) is 4.01. The van der Waals surface area contributed by atoms with Gasteiger partial charge in [0, 0.05) is 6.07 Å². The van der Waals surface area contributed by atoms with E-state index in [1.807, 2.05) is 24.3 Å². The Morgan fingerprint density at radius 2 is 1.90 bits per heavy atom. The molecule has 1 saturated carbocycles. The summed E-state index contributed by atoms with van der Waals surface area (Å²) in [5.74, 6) is 1.59. The molecule has 0 radical (unpaired) electrons. The monoisotopic (exact) mass is 278 g/mol. The Labute approximate surface area is 121 Å². The van der Waals surface area contributed by atoms with Crippen molar-refractivity contribution in [3.8, 4) is 11.5 Å². The van der Waals surface area contributed by atoms with Crippen molar-refractivity contribution in [2.45, 2.75) is 64.1 Å². The maximum Gasteiger partial charge on any atom is 0.123 e. The first-order valence-corrected chi connectivity index (χ1v) is 7.73. The van der Waals surface area contributed by atoms with E-state index >= 15 is 0 Å². The summed E-state index contributed by atoms with van der Waals surface area (Å²) in [7, 11) is 0. The number of hydrogen-bond acceptors (Lipinski definition) is 3. The van der Waals surface area contributed by atoms with Crippen molar-refractivity contribution in [1.29, 1.82) is 0 Å². The highest BCUT2D eigenvalue weighted by atomic mass is 16.5. The molecule has 1 N–H and O–H groups in total. The van der Waals surface area contributed by atoms with Gasteiger partial charge in [-0.25, -0.2) is 0 Å². The topological polar surface area (TPSA) is 38.7 Å². The summed E-state index contributed by atoms with van der Waals surface area (Å²) in [5, 5.41) is 10.4. The molecule has 1 aromatic carbocycles. The van der Waals surface area contributed by atoms with E-state index in [1.165, 1.54) is 6.42 Å². The number of rotatable bonds is 6. The summed E-state index contributed by atoms with van der Waals surface area (Å²) in [4.78, 5) is 0. The van der Waals surface area contributed by atoms with Crippen LogP contribution in [-0.2, 0) is 0 Å². The zero-order valence-corrected chi connectivity index (χ0v) is 12.6. The van der Waals surface area contributed by atoms with Crippen LogP contribution in [-0.4, -0.2) is 23.4 Å². The quantitative estimate of drug-likeness (QED) is 0.856. The predicted molar refractivity (Wildman–Crippen MR) is 80.4 cm³/mol. The van der Waals surface area contributed by atoms with Crippen molar-refractivity contribution in [3.05, 3.63) is 24.3 Å². The van der Waals surface area contributed by atoms with E-state index in [2.05, 4.69) is 13.8 Å². The van der Waals surface area contributed by atoms with Crippen LogP contribution >= 0.6 is 0 Å². The zero-order chi connectivity index (χ0) is 14.4. The number of ether oxygens (including phenoxy) is 2. The number of hydrogen-bond donors (Lipinski definition) is 1. The Bertz CT molecular complexity index is 410. The lowest BCUT2D eigenvalue weighted by atomic mass is 9.85. The Morgan fingerprint density at radius 1 is 1.20 bits per heavy atom. The predicted octanol–water partition coefficient (Wildman–Crippen LogP) is 3.94. The van der Waals surface area contributed by atoms with Crippen molar-refractivity contribution < 1.29 is 14.6 Å². The van der Waals surface area contributed by atoms with Gasteiger partial charge in [0.2, 0.25) is 0 Å². The first-order valence-electron chi connectivity index (χ1n) is 7.73. The first-order chi connectivity index (χ1) is 9.61. The summed E-state index contributed by atoms with van der Waals surface area (Å²) >= 11 is 0. The van der Waals surface area contributed by atoms with Gasteiger partial charge < -0.3 is 14.6 Å². The molecule has 0 spiro atoms. The minimum absolute atomic E-state index is 0.202. The lowest BCUT2D eigenvalue weighted by Gasteiger charge is -2.31. The van der Waals surface area contributed by atoms with Crippen LogP contribution in [0.4, 0.5) is 0 Å². The van der Waals surface area contributed by atoms with Crippen molar-refractivity contribution in [1.82, 2.24) is 0 Å². The smallest absolute Gasteiger partial charge is 0.123 e. The molecule has 2 rings (SSSR count). The van der Waals surface area contributed by atoms with Gasteiger partial charge in [-0.3, -0.25) is 0 Å². The fraction of sp³-hybridized carbons (Fsp3) is 0.647. The van der Waals surface area contributed by atoms with Crippen molar-refractivity contribution >= 4 is 0 Å². The van der Waals surface area contributed by atoms with E-state index in [4.69, 9.17) is 9.47 Å². The maximum absolute atomic E-state index is 10.4. The minimum Gasteiger partial charge on any atom is -0.491 e. The van der Waals surface area contributed by atoms with E-state index in [0.717, 1.165) is 43.6 Å². The molecule has 1 fully saturated rings. The van der Waals surface area contributed by atoms with Crippen LogP contribution in [0.25, 0.3) is 0 Å². The molecule has 1 atom stereocenters. The van der Waals surface area contributed by atoms with E-state index in [1.54, 1.807) is 0 Å². The van der Waals surface area contributed by atoms with Crippen LogP contribution in [0.15, 0.2) is 24.3 Å². The second-order valence-corrected chi connectivity index (χ2v) is 5.89. The van der Waals surface area contributed by atoms with Crippen LogP contribution in [0.2, 0.25) is 0 Å². The molecule has 1 aliphatic carbocycles. The van der Waals surface area contributed by atoms with Gasteiger partial charge in [-0.1, -0.05) is 32.3 Å². The fourth-order valence-electron chi connectivity index (χ4n) is 2.52. The van der Waals surface area contributed by atoms with E-state index in [0.29, 0.717) is 6.61 Å². The molecule has 112 valence electrons. The van der Waals surface area contributed by atoms with Crippen LogP contribution in [0, 0.1) is 0 Å². The molecule has 1 aliphatic rings. The third-order valence-corrected chi connectivity index (χ3v) is 4.01. The van der Waals surface area contributed by atoms with Gasteiger partial charge in [-0.2, -0.15) is 0 Å². The molecule has 0 heterocycles. The van der Waals surface area contributed by atoms with Gasteiger partial charge in [0.25, 0.3) is 0 Å². The van der Waals surface area contributed by atoms with Gasteiger partial charge in [0.1, 0.15) is 18.1 Å². The second-order valence-electron chi connectivity index (χ2n) is 5.89. The van der Waals surface area contributed by atoms with Gasteiger partial charge >= 0.3 is 0 Å². The van der Waals surface area contributed by atoms with Gasteiger partial charge in [0.05, 0.1) is 11.7 Å². The van der Waals surface area contributed by atoms with Crippen molar-refractivity contribution in [2.75, 3.05) is 6.61 Å². The third kappa shape index (κ3) is 4.41. The highest BCUT2D eigenvalue weighted by molar-refractivity contribution is 5.33. The van der Waals surface area contributed by atoms with Crippen LogP contribution in [0.1, 0.15) is 52.4 Å². The Hall–Kier alpha value is -1.22. The molecule has 0 saturated heterocycles. The molecule has 20 heavy (non-hydrogen) atoms. The van der Waals surface area contributed by atoms with Crippen LogP contribution in [0.3, 0.4) is 0 Å². The maximum atomic E-state index is 10.4. The van der Waals surface area contributed by atoms with Crippen molar-refractivity contribution in [3.63, 3.8) is 0 Å². The summed E-state index contributed by atoms with van der Waals surface area (Å²) in [5.41, 5.74) is -0.647. The number of benzene rings is 1. The van der Waals surface area contributed by atoms with E-state index in [-0.39, 0.29) is 6.10 Å². The summed E-state index contributed by atoms with van der Waals surface area (Å²) in [6.45, 7) is 4.53. The summed E-state index contributed by atoms with van der Waals surface area (Å²) < 4.78 is 11.6.